The van der Waals surface area contributed by atoms with Crippen molar-refractivity contribution >= 4 is 27.7 Å². The van der Waals surface area contributed by atoms with Crippen molar-refractivity contribution in [3.8, 4) is 0 Å². The molecule has 0 nitrogen and oxygen atoms in total. The van der Waals surface area contributed by atoms with Crippen molar-refractivity contribution in [2.45, 2.75) is 11.5 Å². The summed E-state index contributed by atoms with van der Waals surface area (Å²) in [5.41, 5.74) is 2.75. The SMILES string of the molecule is Brc1ccccc1CSCc1ccccc1.[Au]. The van der Waals surface area contributed by atoms with Gasteiger partial charge >= 0.3 is 0 Å². The Morgan fingerprint density at radius 2 is 1.47 bits per heavy atom. The predicted octanol–water partition coefficient (Wildman–Crippen LogP) is 4.88. The molecule has 2 aromatic rings. The van der Waals surface area contributed by atoms with E-state index >= 15 is 0 Å². The number of thioether (sulfide) groups is 1. The second kappa shape index (κ2) is 8.17. The van der Waals surface area contributed by atoms with Gasteiger partial charge in [0, 0.05) is 38.4 Å². The average Bonchev–Trinajstić information content (AvgIpc) is 2.33. The molecule has 2 aromatic carbocycles. The molecular formula is C14H13AuBrS. The molecule has 0 saturated carbocycles. The third kappa shape index (κ3) is 5.02. The molecule has 0 amide bonds. The zero-order valence-electron chi connectivity index (χ0n) is 9.20. The van der Waals surface area contributed by atoms with Gasteiger partial charge in [0.25, 0.3) is 0 Å². The van der Waals surface area contributed by atoms with Crippen molar-refractivity contribution in [2.24, 2.45) is 0 Å². The summed E-state index contributed by atoms with van der Waals surface area (Å²) in [6, 6.07) is 19.0. The fourth-order valence-electron chi connectivity index (χ4n) is 1.47. The maximum atomic E-state index is 3.57. The fraction of sp³-hybridized carbons (Fsp3) is 0.143. The first-order chi connectivity index (χ1) is 7.86. The largest absolute Gasteiger partial charge is 0.152 e. The standard InChI is InChI=1S/C14H13BrS.Au/c15-14-9-5-4-8-13(14)11-16-10-12-6-2-1-3-7-12;/h1-9H,10-11H2;. The fourth-order valence-corrected chi connectivity index (χ4v) is 3.08. The summed E-state index contributed by atoms with van der Waals surface area (Å²) in [5, 5.41) is 0. The molecule has 93 valence electrons. The summed E-state index contributed by atoms with van der Waals surface area (Å²) < 4.78 is 1.20. The smallest absolute Gasteiger partial charge is 0.0215 e. The topological polar surface area (TPSA) is 0 Å². The molecule has 0 atom stereocenters. The van der Waals surface area contributed by atoms with Gasteiger partial charge in [0.15, 0.2) is 0 Å². The van der Waals surface area contributed by atoms with Crippen molar-refractivity contribution in [1.29, 1.82) is 0 Å². The van der Waals surface area contributed by atoms with Crippen LogP contribution < -0.4 is 0 Å². The molecule has 0 aliphatic rings. The van der Waals surface area contributed by atoms with Crippen LogP contribution in [0.3, 0.4) is 0 Å². The molecule has 3 heteroatoms. The molecule has 0 bridgehead atoms. The monoisotopic (exact) mass is 489 g/mol. The molecule has 0 fully saturated rings. The summed E-state index contributed by atoms with van der Waals surface area (Å²) >= 11 is 5.51. The molecule has 17 heavy (non-hydrogen) atoms. The number of hydrogen-bond donors (Lipinski definition) is 0. The van der Waals surface area contributed by atoms with E-state index in [0.717, 1.165) is 11.5 Å². The summed E-state index contributed by atoms with van der Waals surface area (Å²) in [6.07, 6.45) is 0. The Labute approximate surface area is 131 Å². The number of halogens is 1. The van der Waals surface area contributed by atoms with Crippen LogP contribution >= 0.6 is 27.7 Å². The molecule has 0 aromatic heterocycles. The minimum atomic E-state index is 0. The second-order valence-corrected chi connectivity index (χ2v) is 5.41. The molecule has 0 N–H and O–H groups in total. The first kappa shape index (κ1) is 15.1. The van der Waals surface area contributed by atoms with E-state index in [-0.39, 0.29) is 22.4 Å². The van der Waals surface area contributed by atoms with Crippen LogP contribution in [0.5, 0.6) is 0 Å². The number of hydrogen-bond acceptors (Lipinski definition) is 1. The van der Waals surface area contributed by atoms with Gasteiger partial charge in [-0.15, -0.1) is 0 Å². The summed E-state index contributed by atoms with van der Waals surface area (Å²) in [4.78, 5) is 0. The van der Waals surface area contributed by atoms with Crippen LogP contribution in [0.2, 0.25) is 0 Å². The van der Waals surface area contributed by atoms with Gasteiger partial charge in [-0.05, 0) is 17.2 Å². The molecule has 0 aliphatic heterocycles. The Kier molecular flexibility index (Phi) is 7.24. The Balaban J connectivity index is 0.00000144. The van der Waals surface area contributed by atoms with Gasteiger partial charge in [-0.3, -0.25) is 0 Å². The summed E-state index contributed by atoms with van der Waals surface area (Å²) in [7, 11) is 0. The Bertz CT molecular complexity index is 445. The molecule has 0 aliphatic carbocycles. The van der Waals surface area contributed by atoms with Crippen LogP contribution in [0.1, 0.15) is 11.1 Å². The van der Waals surface area contributed by atoms with Crippen LogP contribution in [-0.4, -0.2) is 0 Å². The Morgan fingerprint density at radius 1 is 0.824 bits per heavy atom. The third-order valence-corrected chi connectivity index (χ3v) is 4.15. The molecule has 2 rings (SSSR count). The molecule has 0 unspecified atom stereocenters. The predicted molar refractivity (Wildman–Crippen MR) is 75.6 cm³/mol. The zero-order valence-corrected chi connectivity index (χ0v) is 13.8. The molecule has 1 radical (unpaired) electrons. The van der Waals surface area contributed by atoms with Crippen molar-refractivity contribution in [3.63, 3.8) is 0 Å². The van der Waals surface area contributed by atoms with Gasteiger partial charge in [-0.2, -0.15) is 11.8 Å². The van der Waals surface area contributed by atoms with E-state index in [4.69, 9.17) is 0 Å². The quantitative estimate of drug-likeness (QED) is 0.551. The van der Waals surface area contributed by atoms with Crippen molar-refractivity contribution < 1.29 is 22.4 Å². The average molecular weight is 490 g/mol. The van der Waals surface area contributed by atoms with E-state index in [2.05, 4.69) is 70.5 Å². The third-order valence-electron chi connectivity index (χ3n) is 2.33. The van der Waals surface area contributed by atoms with E-state index in [1.54, 1.807) is 0 Å². The van der Waals surface area contributed by atoms with Crippen LogP contribution in [0.15, 0.2) is 59.1 Å². The van der Waals surface area contributed by atoms with E-state index in [1.807, 2.05) is 11.8 Å². The molecule has 0 spiro atoms. The van der Waals surface area contributed by atoms with E-state index in [9.17, 15) is 0 Å². The molecule has 0 saturated heterocycles. The van der Waals surface area contributed by atoms with Gasteiger partial charge in [-0.1, -0.05) is 64.5 Å². The second-order valence-electron chi connectivity index (χ2n) is 3.57. The normalized spacial score (nSPS) is 9.71. The Hall–Kier alpha value is 0.0103. The van der Waals surface area contributed by atoms with Crippen LogP contribution in [-0.2, 0) is 33.9 Å². The van der Waals surface area contributed by atoms with E-state index < -0.39 is 0 Å². The summed E-state index contributed by atoms with van der Waals surface area (Å²) in [6.45, 7) is 0. The van der Waals surface area contributed by atoms with Gasteiger partial charge in [0.1, 0.15) is 0 Å². The van der Waals surface area contributed by atoms with Crippen molar-refractivity contribution in [2.75, 3.05) is 0 Å². The summed E-state index contributed by atoms with van der Waals surface area (Å²) in [5.74, 6) is 2.12. The van der Waals surface area contributed by atoms with Gasteiger partial charge in [-0.25, -0.2) is 0 Å². The first-order valence-electron chi connectivity index (χ1n) is 5.21. The minimum Gasteiger partial charge on any atom is -0.152 e. The minimum absolute atomic E-state index is 0. The van der Waals surface area contributed by atoms with Gasteiger partial charge < -0.3 is 0 Å². The van der Waals surface area contributed by atoms with Gasteiger partial charge in [0.05, 0.1) is 0 Å². The number of benzene rings is 2. The van der Waals surface area contributed by atoms with E-state index in [1.165, 1.54) is 15.6 Å². The van der Waals surface area contributed by atoms with Crippen LogP contribution in [0.4, 0.5) is 0 Å². The maximum absolute atomic E-state index is 3.57. The molecule has 0 heterocycles. The van der Waals surface area contributed by atoms with Crippen molar-refractivity contribution in [1.82, 2.24) is 0 Å². The number of rotatable bonds is 4. The van der Waals surface area contributed by atoms with Gasteiger partial charge in [0.2, 0.25) is 0 Å². The van der Waals surface area contributed by atoms with Crippen molar-refractivity contribution in [3.05, 3.63) is 70.2 Å². The molecular weight excluding hydrogens is 477 g/mol. The maximum Gasteiger partial charge on any atom is 0.0215 e. The Morgan fingerprint density at radius 3 is 2.18 bits per heavy atom. The first-order valence-corrected chi connectivity index (χ1v) is 7.16. The van der Waals surface area contributed by atoms with Crippen LogP contribution in [0, 0.1) is 0 Å². The van der Waals surface area contributed by atoms with Crippen LogP contribution in [0.25, 0.3) is 0 Å². The zero-order chi connectivity index (χ0) is 11.2. The van der Waals surface area contributed by atoms with E-state index in [0.29, 0.717) is 0 Å².